The van der Waals surface area contributed by atoms with Gasteiger partial charge in [-0.25, -0.2) is 0 Å². The van der Waals surface area contributed by atoms with Gasteiger partial charge in [-0.05, 0) is 48.6 Å². The van der Waals surface area contributed by atoms with Crippen molar-refractivity contribution in [3.63, 3.8) is 0 Å². The minimum absolute atomic E-state index is 0.0224. The van der Waals surface area contributed by atoms with Gasteiger partial charge in [-0.2, -0.15) is 11.8 Å². The maximum Gasteiger partial charge on any atom is 0.238 e. The molecule has 6 nitrogen and oxygen atoms in total. The lowest BCUT2D eigenvalue weighted by atomic mass is 10.3. The summed E-state index contributed by atoms with van der Waals surface area (Å²) in [5.41, 5.74) is 12.9. The predicted octanol–water partition coefficient (Wildman–Crippen LogP) is 3.57. The average Bonchev–Trinajstić information content (AvgIpc) is 2.71. The Balaban J connectivity index is 1.41. The van der Waals surface area contributed by atoms with Crippen LogP contribution in [0.25, 0.3) is 0 Å². The molecule has 0 aliphatic heterocycles. The van der Waals surface area contributed by atoms with Gasteiger partial charge in [-0.15, -0.1) is 0 Å². The second-order valence-corrected chi connectivity index (χ2v) is 7.12. The van der Waals surface area contributed by atoms with Crippen LogP contribution in [0.2, 0.25) is 0 Å². The molecule has 0 radical (unpaired) electrons. The van der Waals surface area contributed by atoms with Gasteiger partial charge in [0.2, 0.25) is 11.8 Å². The molecule has 0 atom stereocenters. The molecule has 27 heavy (non-hydrogen) atoms. The van der Waals surface area contributed by atoms with Crippen molar-refractivity contribution in [1.29, 1.82) is 0 Å². The first-order valence-electron chi connectivity index (χ1n) is 9.01. The minimum Gasteiger partial charge on any atom is -0.299 e. The number of anilines is 2. The Hall–Kier alpha value is -2.67. The molecule has 7 heteroatoms. The molecule has 2 amide bonds. The number of benzene rings is 2. The molecule has 0 unspecified atom stereocenters. The van der Waals surface area contributed by atoms with E-state index in [1.165, 1.54) is 0 Å². The first kappa shape index (κ1) is 20.6. The Labute approximate surface area is 164 Å². The highest BCUT2D eigenvalue weighted by Gasteiger charge is 2.03. The molecule has 0 saturated heterocycles. The molecule has 2 rings (SSSR count). The van der Waals surface area contributed by atoms with Crippen LogP contribution < -0.4 is 21.7 Å². The Morgan fingerprint density at radius 2 is 1.07 bits per heavy atom. The number of rotatable bonds is 12. The van der Waals surface area contributed by atoms with Crippen molar-refractivity contribution in [2.45, 2.75) is 25.7 Å². The molecular formula is C20H26N4O2S. The zero-order valence-corrected chi connectivity index (χ0v) is 16.1. The van der Waals surface area contributed by atoms with Crippen molar-refractivity contribution in [1.82, 2.24) is 10.9 Å². The van der Waals surface area contributed by atoms with Gasteiger partial charge in [0, 0.05) is 12.8 Å². The number of para-hydroxylation sites is 2. The smallest absolute Gasteiger partial charge is 0.238 e. The summed E-state index contributed by atoms with van der Waals surface area (Å²) in [5, 5.41) is 0. The summed E-state index contributed by atoms with van der Waals surface area (Å²) in [6.45, 7) is 0. The molecule has 0 aliphatic rings. The summed E-state index contributed by atoms with van der Waals surface area (Å²) in [6.07, 6.45) is 2.59. The lowest BCUT2D eigenvalue weighted by Gasteiger charge is -2.08. The van der Waals surface area contributed by atoms with Gasteiger partial charge in [0.1, 0.15) is 0 Å². The van der Waals surface area contributed by atoms with Crippen molar-refractivity contribution in [3.05, 3.63) is 60.7 Å². The van der Waals surface area contributed by atoms with Gasteiger partial charge in [0.05, 0.1) is 11.4 Å². The molecule has 0 spiro atoms. The Morgan fingerprint density at radius 1 is 0.667 bits per heavy atom. The van der Waals surface area contributed by atoms with E-state index in [-0.39, 0.29) is 11.8 Å². The zero-order chi connectivity index (χ0) is 19.2. The molecular weight excluding hydrogens is 360 g/mol. The van der Waals surface area contributed by atoms with E-state index in [0.29, 0.717) is 12.8 Å². The molecule has 0 saturated carbocycles. The van der Waals surface area contributed by atoms with E-state index in [9.17, 15) is 9.59 Å². The number of nitrogens with one attached hydrogen (secondary N) is 4. The predicted molar refractivity (Wildman–Crippen MR) is 112 cm³/mol. The fourth-order valence-corrected chi connectivity index (χ4v) is 3.12. The van der Waals surface area contributed by atoms with E-state index in [1.54, 1.807) is 11.8 Å². The van der Waals surface area contributed by atoms with Crippen LogP contribution in [0.4, 0.5) is 11.4 Å². The number of amides is 2. The Morgan fingerprint density at radius 3 is 1.48 bits per heavy atom. The van der Waals surface area contributed by atoms with Crippen molar-refractivity contribution in [2.75, 3.05) is 22.4 Å². The van der Waals surface area contributed by atoms with Gasteiger partial charge >= 0.3 is 0 Å². The number of hydrazine groups is 2. The van der Waals surface area contributed by atoms with Crippen molar-refractivity contribution >= 4 is 35.0 Å². The highest BCUT2D eigenvalue weighted by atomic mass is 32.2. The minimum atomic E-state index is -0.0224. The molecule has 0 fully saturated rings. The summed E-state index contributed by atoms with van der Waals surface area (Å²) in [7, 11) is 0. The summed E-state index contributed by atoms with van der Waals surface area (Å²) >= 11 is 1.77. The van der Waals surface area contributed by atoms with Crippen molar-refractivity contribution in [2.24, 2.45) is 0 Å². The summed E-state index contributed by atoms with van der Waals surface area (Å²) < 4.78 is 0. The zero-order valence-electron chi connectivity index (χ0n) is 15.2. The van der Waals surface area contributed by atoms with E-state index in [4.69, 9.17) is 0 Å². The van der Waals surface area contributed by atoms with Gasteiger partial charge in [-0.3, -0.25) is 31.3 Å². The van der Waals surface area contributed by atoms with E-state index in [1.807, 2.05) is 60.7 Å². The highest BCUT2D eigenvalue weighted by Crippen LogP contribution is 2.09. The Bertz CT molecular complexity index is 623. The van der Waals surface area contributed by atoms with Crippen LogP contribution in [0.15, 0.2) is 60.7 Å². The second kappa shape index (κ2) is 12.6. The van der Waals surface area contributed by atoms with E-state index in [0.717, 1.165) is 35.7 Å². The standard InChI is InChI=1S/C20H26N4O2S/c25-19(23-21-17-9-3-1-4-10-17)13-7-15-27-16-8-14-20(26)24-22-18-11-5-2-6-12-18/h1-6,9-12,21-22H,7-8,13-16H2,(H,23,25)(H,24,26). The summed E-state index contributed by atoms with van der Waals surface area (Å²) in [6, 6.07) is 19.0. The third-order valence-corrected chi connectivity index (χ3v) is 4.78. The van der Waals surface area contributed by atoms with Crippen molar-refractivity contribution in [3.8, 4) is 0 Å². The highest BCUT2D eigenvalue weighted by molar-refractivity contribution is 7.99. The lowest BCUT2D eigenvalue weighted by Crippen LogP contribution is -2.29. The van der Waals surface area contributed by atoms with Crippen LogP contribution in [0.1, 0.15) is 25.7 Å². The van der Waals surface area contributed by atoms with Gasteiger partial charge in [0.15, 0.2) is 0 Å². The van der Waals surface area contributed by atoms with E-state index >= 15 is 0 Å². The number of thioether (sulfide) groups is 1. The number of hydrogen-bond donors (Lipinski definition) is 4. The van der Waals surface area contributed by atoms with Crippen LogP contribution in [0.3, 0.4) is 0 Å². The third-order valence-electron chi connectivity index (χ3n) is 3.63. The molecule has 0 bridgehead atoms. The molecule has 2 aromatic carbocycles. The first-order valence-corrected chi connectivity index (χ1v) is 10.2. The fraction of sp³-hybridized carbons (Fsp3) is 0.300. The van der Waals surface area contributed by atoms with Crippen molar-refractivity contribution < 1.29 is 9.59 Å². The van der Waals surface area contributed by atoms with Gasteiger partial charge in [-0.1, -0.05) is 36.4 Å². The maximum absolute atomic E-state index is 11.7. The second-order valence-electron chi connectivity index (χ2n) is 5.90. The largest absolute Gasteiger partial charge is 0.299 e. The number of carbonyl (C=O) groups is 2. The van der Waals surface area contributed by atoms with Gasteiger partial charge in [0.25, 0.3) is 0 Å². The Kier molecular flexibility index (Phi) is 9.67. The van der Waals surface area contributed by atoms with Crippen LogP contribution in [0.5, 0.6) is 0 Å². The van der Waals surface area contributed by atoms with Crippen LogP contribution in [0, 0.1) is 0 Å². The lowest BCUT2D eigenvalue weighted by molar-refractivity contribution is -0.121. The molecule has 0 aliphatic carbocycles. The SMILES string of the molecule is O=C(CCCSCCCC(=O)NNc1ccccc1)NNc1ccccc1. The number of carbonyl (C=O) groups excluding carboxylic acids is 2. The molecule has 144 valence electrons. The molecule has 0 heterocycles. The quantitative estimate of drug-likeness (QED) is 0.331. The van der Waals surface area contributed by atoms with E-state index < -0.39 is 0 Å². The fourth-order valence-electron chi connectivity index (χ4n) is 2.22. The maximum atomic E-state index is 11.7. The van der Waals surface area contributed by atoms with Crippen LogP contribution >= 0.6 is 11.8 Å². The summed E-state index contributed by atoms with van der Waals surface area (Å²) in [5.74, 6) is 1.77. The normalized spacial score (nSPS) is 10.1. The first-order chi connectivity index (χ1) is 13.2. The van der Waals surface area contributed by atoms with E-state index in [2.05, 4.69) is 21.7 Å². The average molecular weight is 387 g/mol. The third kappa shape index (κ3) is 9.55. The molecule has 2 aromatic rings. The summed E-state index contributed by atoms with van der Waals surface area (Å²) in [4.78, 5) is 23.5. The molecule has 4 N–H and O–H groups in total. The van der Waals surface area contributed by atoms with Crippen LogP contribution in [-0.2, 0) is 9.59 Å². The van der Waals surface area contributed by atoms with Gasteiger partial charge < -0.3 is 0 Å². The topological polar surface area (TPSA) is 82.3 Å². The molecule has 0 aromatic heterocycles. The number of hydrogen-bond acceptors (Lipinski definition) is 5. The monoisotopic (exact) mass is 386 g/mol. The van der Waals surface area contributed by atoms with Crippen LogP contribution in [-0.4, -0.2) is 23.3 Å².